The van der Waals surface area contributed by atoms with Gasteiger partial charge in [0.1, 0.15) is 0 Å². The topological polar surface area (TPSA) is 105 Å². The van der Waals surface area contributed by atoms with Gasteiger partial charge in [-0.3, -0.25) is 14.4 Å². The highest BCUT2D eigenvalue weighted by Gasteiger charge is 2.36. The summed E-state index contributed by atoms with van der Waals surface area (Å²) in [6.07, 6.45) is 2.01. The molecule has 7 nitrogen and oxygen atoms in total. The summed E-state index contributed by atoms with van der Waals surface area (Å²) in [5.41, 5.74) is 8.65. The van der Waals surface area contributed by atoms with E-state index in [0.29, 0.717) is 30.7 Å². The number of primary amides is 1. The number of carbonyl (C=O) groups excluding carboxylic acids is 3. The van der Waals surface area contributed by atoms with Crippen molar-refractivity contribution in [2.75, 3.05) is 11.9 Å². The van der Waals surface area contributed by atoms with Gasteiger partial charge in [-0.1, -0.05) is 68.5 Å². The van der Waals surface area contributed by atoms with Gasteiger partial charge in [0.15, 0.2) is 0 Å². The maximum absolute atomic E-state index is 13.6. The minimum atomic E-state index is -1.14. The molecule has 3 amide bonds. The number of nitrogens with zero attached hydrogens (tertiary/aromatic N) is 2. The lowest BCUT2D eigenvalue weighted by molar-refractivity contribution is -0.136. The number of nitrogens with two attached hydrogens (primary N) is 1. The largest absolute Gasteiger partial charge is 0.369 e. The van der Waals surface area contributed by atoms with E-state index in [4.69, 9.17) is 10.7 Å². The van der Waals surface area contributed by atoms with Crippen molar-refractivity contribution < 1.29 is 14.4 Å². The third-order valence-corrected chi connectivity index (χ3v) is 6.26. The van der Waals surface area contributed by atoms with Gasteiger partial charge in [-0.2, -0.15) is 0 Å². The summed E-state index contributed by atoms with van der Waals surface area (Å²) in [5.74, 6) is -2.48. The van der Waals surface area contributed by atoms with Crippen molar-refractivity contribution in [3.05, 3.63) is 78.4 Å². The van der Waals surface area contributed by atoms with Crippen molar-refractivity contribution in [1.82, 2.24) is 5.32 Å². The molecule has 2 aromatic carbocycles. The second kappa shape index (κ2) is 11.6. The molecule has 0 saturated carbocycles. The van der Waals surface area contributed by atoms with Crippen molar-refractivity contribution >= 4 is 29.1 Å². The summed E-state index contributed by atoms with van der Waals surface area (Å²) in [4.78, 5) is 45.5. The fraction of sp³-hybridized carbons (Fsp3) is 0.357. The first-order valence-corrected chi connectivity index (χ1v) is 11.9. The van der Waals surface area contributed by atoms with Crippen molar-refractivity contribution in [3.8, 4) is 0 Å². The van der Waals surface area contributed by atoms with Crippen LogP contribution in [0.25, 0.3) is 0 Å². The van der Waals surface area contributed by atoms with Crippen LogP contribution >= 0.6 is 0 Å². The molecule has 0 saturated heterocycles. The van der Waals surface area contributed by atoms with Crippen LogP contribution in [0.1, 0.15) is 44.2 Å². The van der Waals surface area contributed by atoms with Crippen LogP contribution in [0.3, 0.4) is 0 Å². The van der Waals surface area contributed by atoms with Crippen LogP contribution in [0.2, 0.25) is 0 Å². The highest BCUT2D eigenvalue weighted by Crippen LogP contribution is 2.29. The number of rotatable bonds is 10. The van der Waals surface area contributed by atoms with Gasteiger partial charge in [-0.05, 0) is 31.2 Å². The average Bonchev–Trinajstić information content (AvgIpc) is 2.94. The predicted octanol–water partition coefficient (Wildman–Crippen LogP) is 3.67. The highest BCUT2D eigenvalue weighted by molar-refractivity contribution is 6.20. The number of carbonyl (C=O) groups is 3. The van der Waals surface area contributed by atoms with E-state index in [-0.39, 0.29) is 11.8 Å². The van der Waals surface area contributed by atoms with E-state index in [1.54, 1.807) is 13.1 Å². The summed E-state index contributed by atoms with van der Waals surface area (Å²) in [5, 5.41) is 2.84. The number of aliphatic imine (C=N–C) groups is 1. The van der Waals surface area contributed by atoms with Crippen LogP contribution in [-0.4, -0.2) is 36.6 Å². The Morgan fingerprint density at radius 1 is 1.11 bits per heavy atom. The Hall–Kier alpha value is -3.74. The molecule has 0 bridgehead atoms. The highest BCUT2D eigenvalue weighted by atomic mass is 16.2. The van der Waals surface area contributed by atoms with Crippen LogP contribution in [0.5, 0.6) is 0 Å². The standard InChI is InChI=1S/C28H34N4O3/c1-5-6-14-20(25(29)33)22(17-18(2)3)27(34)31-26-28(35)32(4)23-16-11-10-15-21(23)24(30-26)19-12-8-7-9-13-19/h5,7-13,15-16,18,20,22,26H,1,6,14,17H2,2-4H3,(H2,29,33)(H,31,34)/t20-,22-,26+/m0/s1. The van der Waals surface area contributed by atoms with E-state index in [2.05, 4.69) is 11.9 Å². The summed E-state index contributed by atoms with van der Waals surface area (Å²) in [7, 11) is 1.67. The Balaban J connectivity index is 2.02. The lowest BCUT2D eigenvalue weighted by atomic mass is 9.81. The summed E-state index contributed by atoms with van der Waals surface area (Å²) in [6.45, 7) is 7.69. The second-order valence-corrected chi connectivity index (χ2v) is 9.28. The number of amides is 3. The summed E-state index contributed by atoms with van der Waals surface area (Å²) >= 11 is 0. The summed E-state index contributed by atoms with van der Waals surface area (Å²) in [6, 6.07) is 17.1. The normalized spacial score (nSPS) is 17.1. The maximum Gasteiger partial charge on any atom is 0.272 e. The second-order valence-electron chi connectivity index (χ2n) is 9.28. The molecular weight excluding hydrogens is 440 g/mol. The van der Waals surface area contributed by atoms with Crippen LogP contribution in [0.4, 0.5) is 5.69 Å². The van der Waals surface area contributed by atoms with Crippen LogP contribution in [0, 0.1) is 17.8 Å². The number of likely N-dealkylation sites (N-methyl/N-ethyl adjacent to an activating group) is 1. The molecule has 0 aromatic heterocycles. The summed E-state index contributed by atoms with van der Waals surface area (Å²) < 4.78 is 0. The Morgan fingerprint density at radius 2 is 1.77 bits per heavy atom. The van der Waals surface area contributed by atoms with Crippen LogP contribution in [-0.2, 0) is 14.4 Å². The van der Waals surface area contributed by atoms with E-state index in [9.17, 15) is 14.4 Å². The monoisotopic (exact) mass is 474 g/mol. The maximum atomic E-state index is 13.6. The Morgan fingerprint density at radius 3 is 2.40 bits per heavy atom. The van der Waals surface area contributed by atoms with E-state index in [0.717, 1.165) is 11.1 Å². The van der Waals surface area contributed by atoms with Crippen molar-refractivity contribution in [3.63, 3.8) is 0 Å². The minimum Gasteiger partial charge on any atom is -0.369 e. The fourth-order valence-corrected chi connectivity index (χ4v) is 4.49. The quantitative estimate of drug-likeness (QED) is 0.513. The molecule has 1 heterocycles. The number of hydrogen-bond donors (Lipinski definition) is 2. The van der Waals surface area contributed by atoms with Gasteiger partial charge in [-0.15, -0.1) is 6.58 Å². The van der Waals surface area contributed by atoms with Gasteiger partial charge in [0.25, 0.3) is 5.91 Å². The molecule has 0 spiro atoms. The molecule has 3 rings (SSSR count). The molecule has 3 atom stereocenters. The SMILES string of the molecule is C=CCC[C@H](C(N)=O)[C@H](CC(C)C)C(=O)N[C@H]1N=C(c2ccccc2)c2ccccc2N(C)C1=O. The third-order valence-electron chi connectivity index (χ3n) is 6.26. The number of benzene rings is 2. The average molecular weight is 475 g/mol. The third kappa shape index (κ3) is 6.04. The number of anilines is 1. The number of allylic oxidation sites excluding steroid dienone is 1. The first kappa shape index (κ1) is 25.9. The lowest BCUT2D eigenvalue weighted by Gasteiger charge is -2.27. The fourth-order valence-electron chi connectivity index (χ4n) is 4.49. The number of fused-ring (bicyclic) bond motifs is 1. The molecule has 3 N–H and O–H groups in total. The molecule has 1 aliphatic heterocycles. The Kier molecular flexibility index (Phi) is 8.58. The van der Waals surface area contributed by atoms with Gasteiger partial charge < -0.3 is 16.0 Å². The Labute approximate surface area is 207 Å². The van der Waals surface area contributed by atoms with E-state index in [1.807, 2.05) is 68.4 Å². The molecular formula is C28H34N4O3. The van der Waals surface area contributed by atoms with Crippen LogP contribution in [0.15, 0.2) is 72.2 Å². The van der Waals surface area contributed by atoms with Crippen molar-refractivity contribution in [2.24, 2.45) is 28.5 Å². The number of para-hydroxylation sites is 1. The van der Waals surface area contributed by atoms with Crippen molar-refractivity contribution in [2.45, 2.75) is 39.3 Å². The van der Waals surface area contributed by atoms with Gasteiger partial charge in [0.05, 0.1) is 11.4 Å². The van der Waals surface area contributed by atoms with Gasteiger partial charge >= 0.3 is 0 Å². The molecule has 7 heteroatoms. The first-order valence-electron chi connectivity index (χ1n) is 11.9. The molecule has 2 aromatic rings. The van der Waals surface area contributed by atoms with Gasteiger partial charge in [0.2, 0.25) is 18.0 Å². The lowest BCUT2D eigenvalue weighted by Crippen LogP contribution is -2.50. The van der Waals surface area contributed by atoms with Crippen molar-refractivity contribution in [1.29, 1.82) is 0 Å². The smallest absolute Gasteiger partial charge is 0.272 e. The van der Waals surface area contributed by atoms with Crippen LogP contribution < -0.4 is 16.0 Å². The van der Waals surface area contributed by atoms with E-state index < -0.39 is 29.8 Å². The Bertz CT molecular complexity index is 1110. The molecule has 0 radical (unpaired) electrons. The molecule has 35 heavy (non-hydrogen) atoms. The molecule has 184 valence electrons. The zero-order valence-corrected chi connectivity index (χ0v) is 20.6. The molecule has 0 fully saturated rings. The molecule has 0 unspecified atom stereocenters. The number of benzodiazepines with no additional fused rings is 1. The number of nitrogens with one attached hydrogen (secondary N) is 1. The van der Waals surface area contributed by atoms with E-state index in [1.165, 1.54) is 4.90 Å². The predicted molar refractivity (Wildman–Crippen MR) is 139 cm³/mol. The first-order chi connectivity index (χ1) is 16.7. The van der Waals surface area contributed by atoms with Gasteiger partial charge in [0, 0.05) is 30.0 Å². The van der Waals surface area contributed by atoms with E-state index >= 15 is 0 Å². The molecule has 1 aliphatic rings. The van der Waals surface area contributed by atoms with Gasteiger partial charge in [-0.25, -0.2) is 4.99 Å². The minimum absolute atomic E-state index is 0.150. The molecule has 0 aliphatic carbocycles. The zero-order chi connectivity index (χ0) is 25.5. The number of hydrogen-bond acceptors (Lipinski definition) is 4. The zero-order valence-electron chi connectivity index (χ0n) is 20.6.